The minimum atomic E-state index is -0.0417. The molecule has 1 atom stereocenters. The predicted molar refractivity (Wildman–Crippen MR) is 49.8 cm³/mol. The van der Waals surface area contributed by atoms with Crippen LogP contribution in [0.3, 0.4) is 0 Å². The molecule has 1 rings (SSSR count). The molecular formula is C8H16N4O. The third-order valence-corrected chi connectivity index (χ3v) is 1.93. The van der Waals surface area contributed by atoms with Gasteiger partial charge in [0.05, 0.1) is 6.61 Å². The van der Waals surface area contributed by atoms with Gasteiger partial charge in [0.15, 0.2) is 0 Å². The van der Waals surface area contributed by atoms with Crippen LogP contribution in [0.5, 0.6) is 0 Å². The van der Waals surface area contributed by atoms with Crippen LogP contribution in [0.2, 0.25) is 0 Å². The highest BCUT2D eigenvalue weighted by atomic mass is 16.5. The number of imidazole rings is 1. The highest BCUT2D eigenvalue weighted by Crippen LogP contribution is 2.09. The topological polar surface area (TPSA) is 65.1 Å². The Morgan fingerprint density at radius 3 is 3.08 bits per heavy atom. The number of hydrazine groups is 1. The van der Waals surface area contributed by atoms with Crippen molar-refractivity contribution in [2.75, 3.05) is 13.7 Å². The number of nitrogens with zero attached hydrogens (tertiary/aromatic N) is 2. The van der Waals surface area contributed by atoms with E-state index in [1.165, 1.54) is 0 Å². The van der Waals surface area contributed by atoms with Crippen LogP contribution in [0.4, 0.5) is 0 Å². The summed E-state index contributed by atoms with van der Waals surface area (Å²) in [6, 6.07) is -0.0417. The lowest BCUT2D eigenvalue weighted by Gasteiger charge is -2.15. The summed E-state index contributed by atoms with van der Waals surface area (Å²) in [5.74, 6) is 6.30. The van der Waals surface area contributed by atoms with Crippen LogP contribution in [-0.4, -0.2) is 23.3 Å². The van der Waals surface area contributed by atoms with E-state index in [2.05, 4.69) is 17.3 Å². The molecule has 74 valence electrons. The Hall–Kier alpha value is -0.910. The molecule has 3 N–H and O–H groups in total. The van der Waals surface area contributed by atoms with Crippen molar-refractivity contribution in [1.82, 2.24) is 15.0 Å². The lowest BCUT2D eigenvalue weighted by Crippen LogP contribution is -2.33. The Bertz CT molecular complexity index is 248. The summed E-state index contributed by atoms with van der Waals surface area (Å²) in [5, 5.41) is 0. The molecule has 0 aliphatic rings. The number of ether oxygens (including phenoxy) is 1. The van der Waals surface area contributed by atoms with E-state index in [0.717, 1.165) is 12.4 Å². The average molecular weight is 184 g/mol. The molecule has 1 aromatic heterocycles. The first-order chi connectivity index (χ1) is 6.33. The Balaban J connectivity index is 2.77. The van der Waals surface area contributed by atoms with Gasteiger partial charge in [0.1, 0.15) is 11.9 Å². The average Bonchev–Trinajstić information content (AvgIpc) is 2.61. The van der Waals surface area contributed by atoms with E-state index in [1.807, 2.05) is 10.8 Å². The van der Waals surface area contributed by atoms with Gasteiger partial charge in [-0.05, 0) is 6.92 Å². The van der Waals surface area contributed by atoms with Crippen LogP contribution in [0.15, 0.2) is 12.4 Å². The molecule has 0 bridgehead atoms. The molecule has 5 heteroatoms. The number of methoxy groups -OCH3 is 1. The molecule has 0 aliphatic heterocycles. The van der Waals surface area contributed by atoms with Gasteiger partial charge in [-0.15, -0.1) is 0 Å². The molecule has 0 aromatic carbocycles. The zero-order valence-corrected chi connectivity index (χ0v) is 8.03. The largest absolute Gasteiger partial charge is 0.383 e. The second-order valence-corrected chi connectivity index (χ2v) is 2.75. The van der Waals surface area contributed by atoms with Gasteiger partial charge >= 0.3 is 0 Å². The summed E-state index contributed by atoms with van der Waals surface area (Å²) >= 11 is 0. The van der Waals surface area contributed by atoms with Crippen molar-refractivity contribution < 1.29 is 4.74 Å². The Kier molecular flexibility index (Phi) is 3.88. The number of aromatic nitrogens is 2. The first kappa shape index (κ1) is 10.2. The van der Waals surface area contributed by atoms with Crippen LogP contribution >= 0.6 is 0 Å². The van der Waals surface area contributed by atoms with Gasteiger partial charge in [-0.3, -0.25) is 5.84 Å². The molecule has 1 heterocycles. The predicted octanol–water partition coefficient (Wildman–Crippen LogP) is 0.0538. The molecule has 13 heavy (non-hydrogen) atoms. The number of hydrogen-bond donors (Lipinski definition) is 2. The van der Waals surface area contributed by atoms with Crippen molar-refractivity contribution in [1.29, 1.82) is 0 Å². The molecule has 1 aromatic rings. The lowest BCUT2D eigenvalue weighted by atomic mass is 10.3. The normalized spacial score (nSPS) is 13.2. The van der Waals surface area contributed by atoms with E-state index < -0.39 is 0 Å². The quantitative estimate of drug-likeness (QED) is 0.501. The van der Waals surface area contributed by atoms with Gasteiger partial charge in [0, 0.05) is 26.0 Å². The summed E-state index contributed by atoms with van der Waals surface area (Å²) in [4.78, 5) is 4.22. The van der Waals surface area contributed by atoms with E-state index in [9.17, 15) is 0 Å². The van der Waals surface area contributed by atoms with Crippen molar-refractivity contribution in [3.8, 4) is 0 Å². The summed E-state index contributed by atoms with van der Waals surface area (Å²) < 4.78 is 7.05. The van der Waals surface area contributed by atoms with Crippen LogP contribution in [-0.2, 0) is 11.3 Å². The molecule has 1 unspecified atom stereocenters. The van der Waals surface area contributed by atoms with E-state index >= 15 is 0 Å². The van der Waals surface area contributed by atoms with Crippen molar-refractivity contribution in [3.63, 3.8) is 0 Å². The fraction of sp³-hybridized carbons (Fsp3) is 0.625. The number of rotatable bonds is 5. The number of aryl methyl sites for hydroxylation is 1. The fourth-order valence-electron chi connectivity index (χ4n) is 1.26. The van der Waals surface area contributed by atoms with Crippen molar-refractivity contribution >= 4 is 0 Å². The zero-order chi connectivity index (χ0) is 9.68. The van der Waals surface area contributed by atoms with E-state index in [-0.39, 0.29) is 6.04 Å². The van der Waals surface area contributed by atoms with Gasteiger partial charge in [-0.25, -0.2) is 10.4 Å². The second-order valence-electron chi connectivity index (χ2n) is 2.75. The fourth-order valence-corrected chi connectivity index (χ4v) is 1.26. The highest BCUT2D eigenvalue weighted by Gasteiger charge is 2.13. The minimum Gasteiger partial charge on any atom is -0.383 e. The molecule has 0 saturated carbocycles. The van der Waals surface area contributed by atoms with E-state index in [1.54, 1.807) is 13.3 Å². The SMILES string of the molecule is CCn1ccnc1C(COC)NN. The number of nitrogens with two attached hydrogens (primary N) is 1. The van der Waals surface area contributed by atoms with Crippen LogP contribution in [0.1, 0.15) is 18.8 Å². The first-order valence-corrected chi connectivity index (χ1v) is 4.29. The van der Waals surface area contributed by atoms with Gasteiger partial charge in [0.2, 0.25) is 0 Å². The minimum absolute atomic E-state index is 0.0417. The first-order valence-electron chi connectivity index (χ1n) is 4.29. The number of hydrogen-bond acceptors (Lipinski definition) is 4. The van der Waals surface area contributed by atoms with Gasteiger partial charge in [0.25, 0.3) is 0 Å². The Labute approximate surface area is 77.9 Å². The summed E-state index contributed by atoms with van der Waals surface area (Å²) in [7, 11) is 1.64. The summed E-state index contributed by atoms with van der Waals surface area (Å²) in [5.41, 5.74) is 2.67. The number of nitrogens with one attached hydrogen (secondary N) is 1. The summed E-state index contributed by atoms with van der Waals surface area (Å²) in [6.45, 7) is 3.47. The molecular weight excluding hydrogens is 168 g/mol. The maximum absolute atomic E-state index is 5.39. The third kappa shape index (κ3) is 2.27. The van der Waals surface area contributed by atoms with Gasteiger partial charge in [-0.2, -0.15) is 0 Å². The molecule has 0 radical (unpaired) electrons. The lowest BCUT2D eigenvalue weighted by molar-refractivity contribution is 0.162. The smallest absolute Gasteiger partial charge is 0.129 e. The van der Waals surface area contributed by atoms with Crippen LogP contribution < -0.4 is 11.3 Å². The molecule has 0 spiro atoms. The molecule has 0 aliphatic carbocycles. The molecule has 0 saturated heterocycles. The van der Waals surface area contributed by atoms with Crippen LogP contribution in [0.25, 0.3) is 0 Å². The molecule has 0 amide bonds. The third-order valence-electron chi connectivity index (χ3n) is 1.93. The summed E-state index contributed by atoms with van der Waals surface area (Å²) in [6.07, 6.45) is 3.69. The van der Waals surface area contributed by atoms with Crippen molar-refractivity contribution in [3.05, 3.63) is 18.2 Å². The van der Waals surface area contributed by atoms with E-state index in [0.29, 0.717) is 6.61 Å². The standard InChI is InChI=1S/C8H16N4O/c1-3-12-5-4-10-8(12)7(11-9)6-13-2/h4-5,7,11H,3,6,9H2,1-2H3. The van der Waals surface area contributed by atoms with Crippen molar-refractivity contribution in [2.45, 2.75) is 19.5 Å². The maximum Gasteiger partial charge on any atom is 0.129 e. The van der Waals surface area contributed by atoms with E-state index in [4.69, 9.17) is 10.6 Å². The monoisotopic (exact) mass is 184 g/mol. The molecule has 5 nitrogen and oxygen atoms in total. The van der Waals surface area contributed by atoms with Gasteiger partial charge in [-0.1, -0.05) is 0 Å². The maximum atomic E-state index is 5.39. The van der Waals surface area contributed by atoms with Crippen molar-refractivity contribution in [2.24, 2.45) is 5.84 Å². The van der Waals surface area contributed by atoms with Crippen LogP contribution in [0, 0.1) is 0 Å². The Morgan fingerprint density at radius 1 is 1.77 bits per heavy atom. The molecule has 0 fully saturated rings. The zero-order valence-electron chi connectivity index (χ0n) is 8.03. The second kappa shape index (κ2) is 4.96. The van der Waals surface area contributed by atoms with Gasteiger partial charge < -0.3 is 9.30 Å². The Morgan fingerprint density at radius 2 is 2.54 bits per heavy atom. The highest BCUT2D eigenvalue weighted by molar-refractivity contribution is 4.98.